The topological polar surface area (TPSA) is 227 Å². The summed E-state index contributed by atoms with van der Waals surface area (Å²) in [6, 6.07) is 25.0. The van der Waals surface area contributed by atoms with E-state index in [9.17, 15) is 24.0 Å². The van der Waals surface area contributed by atoms with Gasteiger partial charge in [-0.3, -0.25) is 24.0 Å². The van der Waals surface area contributed by atoms with Gasteiger partial charge < -0.3 is 43.5 Å². The minimum absolute atomic E-state index is 0.0498. The molecule has 5 amide bonds. The Labute approximate surface area is 320 Å². The SMILES string of the molecule is C[C@H](N)C(=O)N[C@H](Cc1ccc2ccccc2c1)C(=O)N[C@H](Cc1c[nH]c2ccccc12)C(=O)N[C@@H](Cc1ccccc1)C(=O)N[C@@H](CCCCN)C(N)=O. The van der Waals surface area contributed by atoms with Crippen LogP contribution in [-0.2, 0) is 43.2 Å². The zero-order chi connectivity index (χ0) is 39.3. The van der Waals surface area contributed by atoms with Crippen LogP contribution in [0.15, 0.2) is 103 Å². The largest absolute Gasteiger partial charge is 0.368 e. The molecular formula is C42H50N8O5. The number of fused-ring (bicyclic) bond motifs is 2. The fourth-order valence-electron chi connectivity index (χ4n) is 6.50. The fourth-order valence-corrected chi connectivity index (χ4v) is 6.50. The van der Waals surface area contributed by atoms with Crippen LogP contribution >= 0.6 is 0 Å². The number of H-pyrrole nitrogens is 1. The van der Waals surface area contributed by atoms with Gasteiger partial charge in [-0.25, -0.2) is 0 Å². The average molecular weight is 747 g/mol. The predicted molar refractivity (Wildman–Crippen MR) is 213 cm³/mol. The molecule has 5 rings (SSSR count). The molecule has 5 aromatic rings. The molecule has 1 aromatic heterocycles. The summed E-state index contributed by atoms with van der Waals surface area (Å²) in [5.74, 6) is -3.10. The van der Waals surface area contributed by atoms with Crippen molar-refractivity contribution in [3.63, 3.8) is 0 Å². The van der Waals surface area contributed by atoms with Gasteiger partial charge in [0.05, 0.1) is 6.04 Å². The van der Waals surface area contributed by atoms with Crippen molar-refractivity contribution >= 4 is 51.2 Å². The highest BCUT2D eigenvalue weighted by molar-refractivity contribution is 5.96. The van der Waals surface area contributed by atoms with Gasteiger partial charge >= 0.3 is 0 Å². The van der Waals surface area contributed by atoms with Crippen molar-refractivity contribution in [2.75, 3.05) is 6.54 Å². The van der Waals surface area contributed by atoms with Crippen LogP contribution in [0.3, 0.4) is 0 Å². The van der Waals surface area contributed by atoms with Gasteiger partial charge in [0.1, 0.15) is 24.2 Å². The Bertz CT molecular complexity index is 2100. The molecule has 0 spiro atoms. The van der Waals surface area contributed by atoms with Crippen molar-refractivity contribution in [3.05, 3.63) is 120 Å². The summed E-state index contributed by atoms with van der Waals surface area (Å²) in [6.45, 7) is 1.94. The zero-order valence-corrected chi connectivity index (χ0v) is 30.9. The van der Waals surface area contributed by atoms with Gasteiger partial charge in [-0.1, -0.05) is 91.0 Å². The van der Waals surface area contributed by atoms with Gasteiger partial charge in [0.25, 0.3) is 0 Å². The maximum absolute atomic E-state index is 14.4. The van der Waals surface area contributed by atoms with Crippen LogP contribution in [0, 0.1) is 0 Å². The first kappa shape index (κ1) is 40.1. The summed E-state index contributed by atoms with van der Waals surface area (Å²) < 4.78 is 0. The first-order chi connectivity index (χ1) is 26.5. The smallest absolute Gasteiger partial charge is 0.243 e. The monoisotopic (exact) mass is 746 g/mol. The standard InChI is InChI=1S/C42H50N8O5/c1-26(44)39(52)48-36(23-28-18-19-29-13-5-6-14-30(29)21-28)41(54)50-37(24-31-25-46-33-16-8-7-15-32(31)33)42(55)49-35(22-27-11-3-2-4-12-27)40(53)47-34(38(45)51)17-9-10-20-43/h2-8,11-16,18-19,21,25-26,34-37,46H,9-10,17,20,22-24,43-44H2,1H3,(H2,45,51)(H,47,53)(H,48,52)(H,49,55)(H,50,54)/t26-,34-,35-,36+,37+/m0/s1. The molecule has 55 heavy (non-hydrogen) atoms. The Morgan fingerprint density at radius 1 is 0.618 bits per heavy atom. The maximum Gasteiger partial charge on any atom is 0.243 e. The van der Waals surface area contributed by atoms with Crippen LogP contribution in [0.5, 0.6) is 0 Å². The van der Waals surface area contributed by atoms with E-state index in [0.29, 0.717) is 19.4 Å². The number of carbonyl (C=O) groups excluding carboxylic acids is 5. The van der Waals surface area contributed by atoms with Crippen LogP contribution in [0.1, 0.15) is 42.9 Å². The van der Waals surface area contributed by atoms with E-state index < -0.39 is 59.7 Å². The molecule has 0 saturated carbocycles. The molecule has 0 saturated heterocycles. The Morgan fingerprint density at radius 2 is 1.18 bits per heavy atom. The number of amides is 5. The number of rotatable bonds is 19. The second-order valence-electron chi connectivity index (χ2n) is 13.9. The third-order valence-electron chi connectivity index (χ3n) is 9.55. The second-order valence-corrected chi connectivity index (χ2v) is 13.9. The number of unbranched alkanes of at least 4 members (excludes halogenated alkanes) is 1. The average Bonchev–Trinajstić information content (AvgIpc) is 3.59. The molecular weight excluding hydrogens is 697 g/mol. The van der Waals surface area contributed by atoms with Gasteiger partial charge in [0, 0.05) is 36.4 Å². The van der Waals surface area contributed by atoms with E-state index in [0.717, 1.165) is 38.4 Å². The van der Waals surface area contributed by atoms with Crippen molar-refractivity contribution in [2.24, 2.45) is 17.2 Å². The van der Waals surface area contributed by atoms with Crippen LogP contribution < -0.4 is 38.5 Å². The first-order valence-electron chi connectivity index (χ1n) is 18.6. The number of benzene rings is 4. The number of primary amides is 1. The molecule has 5 atom stereocenters. The highest BCUT2D eigenvalue weighted by Gasteiger charge is 2.32. The summed E-state index contributed by atoms with van der Waals surface area (Å²) in [4.78, 5) is 70.9. The maximum atomic E-state index is 14.4. The van der Waals surface area contributed by atoms with Crippen molar-refractivity contribution in [2.45, 2.75) is 75.7 Å². The van der Waals surface area contributed by atoms with Crippen molar-refractivity contribution in [1.29, 1.82) is 0 Å². The molecule has 0 unspecified atom stereocenters. The second kappa shape index (κ2) is 19.3. The van der Waals surface area contributed by atoms with E-state index in [4.69, 9.17) is 17.2 Å². The lowest BCUT2D eigenvalue weighted by Gasteiger charge is -2.27. The summed E-state index contributed by atoms with van der Waals surface area (Å²) in [5.41, 5.74) is 20.3. The van der Waals surface area contributed by atoms with E-state index in [1.54, 1.807) is 6.20 Å². The molecule has 11 N–H and O–H groups in total. The highest BCUT2D eigenvalue weighted by Crippen LogP contribution is 2.20. The molecule has 0 aliphatic heterocycles. The van der Waals surface area contributed by atoms with Crippen LogP contribution in [0.25, 0.3) is 21.7 Å². The lowest BCUT2D eigenvalue weighted by Crippen LogP contribution is -2.59. The summed E-state index contributed by atoms with van der Waals surface area (Å²) in [5, 5.41) is 14.1. The Morgan fingerprint density at radius 3 is 1.84 bits per heavy atom. The molecule has 288 valence electrons. The third kappa shape index (κ3) is 11.2. The van der Waals surface area contributed by atoms with Crippen LogP contribution in [0.2, 0.25) is 0 Å². The number of nitrogens with two attached hydrogens (primary N) is 3. The molecule has 13 heteroatoms. The van der Waals surface area contributed by atoms with E-state index in [2.05, 4.69) is 26.3 Å². The molecule has 0 radical (unpaired) electrons. The normalized spacial score (nSPS) is 13.9. The molecule has 0 fully saturated rings. The van der Waals surface area contributed by atoms with Gasteiger partial charge in [-0.15, -0.1) is 0 Å². The van der Waals surface area contributed by atoms with Crippen LogP contribution in [0.4, 0.5) is 0 Å². The summed E-state index contributed by atoms with van der Waals surface area (Å²) >= 11 is 0. The first-order valence-corrected chi connectivity index (χ1v) is 18.6. The van der Waals surface area contributed by atoms with Gasteiger partial charge in [0.2, 0.25) is 29.5 Å². The highest BCUT2D eigenvalue weighted by atomic mass is 16.2. The number of aromatic amines is 1. The van der Waals surface area contributed by atoms with Crippen molar-refractivity contribution < 1.29 is 24.0 Å². The lowest BCUT2D eigenvalue weighted by molar-refractivity contribution is -0.134. The van der Waals surface area contributed by atoms with E-state index in [1.807, 2.05) is 97.1 Å². The zero-order valence-electron chi connectivity index (χ0n) is 30.9. The lowest BCUT2D eigenvalue weighted by atomic mass is 9.99. The van der Waals surface area contributed by atoms with Crippen LogP contribution in [-0.4, -0.2) is 71.3 Å². The number of hydrogen-bond donors (Lipinski definition) is 8. The van der Waals surface area contributed by atoms with Crippen molar-refractivity contribution in [1.82, 2.24) is 26.3 Å². The number of aromatic nitrogens is 1. The quantitative estimate of drug-likeness (QED) is 0.0588. The number of nitrogens with one attached hydrogen (secondary N) is 5. The number of carbonyl (C=O) groups is 5. The Hall–Kier alpha value is -6.05. The molecule has 13 nitrogen and oxygen atoms in total. The van der Waals surface area contributed by atoms with E-state index in [-0.39, 0.29) is 25.7 Å². The van der Waals surface area contributed by atoms with Gasteiger partial charge in [0.15, 0.2) is 0 Å². The van der Waals surface area contributed by atoms with Crippen molar-refractivity contribution in [3.8, 4) is 0 Å². The summed E-state index contributed by atoms with van der Waals surface area (Å²) in [6.07, 6.45) is 3.53. The molecule has 0 bridgehead atoms. The van der Waals surface area contributed by atoms with E-state index >= 15 is 0 Å². The minimum atomic E-state index is -1.19. The van der Waals surface area contributed by atoms with Gasteiger partial charge in [-0.05, 0) is 66.3 Å². The predicted octanol–water partition coefficient (Wildman–Crippen LogP) is 2.25. The Balaban J connectivity index is 1.44. The third-order valence-corrected chi connectivity index (χ3v) is 9.55. The molecule has 1 heterocycles. The summed E-state index contributed by atoms with van der Waals surface area (Å²) in [7, 11) is 0. The molecule has 0 aliphatic carbocycles. The fraction of sp³-hybridized carbons (Fsp3) is 0.310. The Kier molecular flexibility index (Phi) is 14.1. The van der Waals surface area contributed by atoms with Gasteiger partial charge in [-0.2, -0.15) is 0 Å². The molecule has 4 aromatic carbocycles. The number of para-hydroxylation sites is 1. The number of hydrogen-bond acceptors (Lipinski definition) is 7. The van der Waals surface area contributed by atoms with E-state index in [1.165, 1.54) is 6.92 Å². The minimum Gasteiger partial charge on any atom is -0.368 e. The molecule has 0 aliphatic rings.